The number of rotatable bonds is 6. The Bertz CT molecular complexity index is 1240. The van der Waals surface area contributed by atoms with E-state index < -0.39 is 0 Å². The SMILES string of the molecule is N#Cc1ccsc1NC(=O)CSc1nnc(-c2c[nH]c3ccccc23)n1C1CC1. The summed E-state index contributed by atoms with van der Waals surface area (Å²) in [6, 6.07) is 12.3. The van der Waals surface area contributed by atoms with Crippen LogP contribution in [0.15, 0.2) is 47.1 Å². The van der Waals surface area contributed by atoms with E-state index in [1.54, 1.807) is 11.4 Å². The van der Waals surface area contributed by atoms with Crippen LogP contribution in [0.25, 0.3) is 22.3 Å². The van der Waals surface area contributed by atoms with Gasteiger partial charge in [-0.15, -0.1) is 21.5 Å². The zero-order valence-corrected chi connectivity index (χ0v) is 16.9. The molecule has 0 atom stereocenters. The molecular weight excluding hydrogens is 404 g/mol. The number of nitrogens with one attached hydrogen (secondary N) is 2. The van der Waals surface area contributed by atoms with Crippen molar-refractivity contribution < 1.29 is 4.79 Å². The highest BCUT2D eigenvalue weighted by Crippen LogP contribution is 2.42. The van der Waals surface area contributed by atoms with Gasteiger partial charge >= 0.3 is 0 Å². The Morgan fingerprint density at radius 3 is 3.03 bits per heavy atom. The number of anilines is 1. The molecule has 0 bridgehead atoms. The van der Waals surface area contributed by atoms with Crippen molar-refractivity contribution in [2.45, 2.75) is 24.0 Å². The van der Waals surface area contributed by atoms with Gasteiger partial charge in [0.25, 0.3) is 0 Å². The van der Waals surface area contributed by atoms with Gasteiger partial charge in [0, 0.05) is 28.7 Å². The van der Waals surface area contributed by atoms with E-state index in [1.807, 2.05) is 24.4 Å². The molecule has 0 radical (unpaired) electrons. The molecule has 1 aliphatic rings. The Morgan fingerprint density at radius 1 is 1.34 bits per heavy atom. The number of benzene rings is 1. The zero-order valence-electron chi connectivity index (χ0n) is 15.3. The monoisotopic (exact) mass is 420 g/mol. The predicted octanol–water partition coefficient (Wildman–Crippen LogP) is 4.43. The Morgan fingerprint density at radius 2 is 2.21 bits per heavy atom. The number of nitrogens with zero attached hydrogens (tertiary/aromatic N) is 4. The van der Waals surface area contributed by atoms with Gasteiger partial charge in [-0.25, -0.2) is 0 Å². The number of carbonyl (C=O) groups is 1. The first kappa shape index (κ1) is 18.0. The normalized spacial score (nSPS) is 13.5. The summed E-state index contributed by atoms with van der Waals surface area (Å²) in [5, 5.41) is 24.9. The highest BCUT2D eigenvalue weighted by atomic mass is 32.2. The number of thioether (sulfide) groups is 1. The molecule has 0 spiro atoms. The lowest BCUT2D eigenvalue weighted by molar-refractivity contribution is -0.113. The molecule has 1 aromatic carbocycles. The van der Waals surface area contributed by atoms with E-state index in [9.17, 15) is 4.79 Å². The van der Waals surface area contributed by atoms with Gasteiger partial charge in [0.1, 0.15) is 11.1 Å². The Kier molecular flexibility index (Phi) is 4.58. The number of para-hydroxylation sites is 1. The highest BCUT2D eigenvalue weighted by molar-refractivity contribution is 7.99. The number of H-pyrrole nitrogens is 1. The van der Waals surface area contributed by atoms with Gasteiger partial charge in [0.15, 0.2) is 11.0 Å². The minimum Gasteiger partial charge on any atom is -0.360 e. The van der Waals surface area contributed by atoms with Crippen molar-refractivity contribution >= 4 is 44.9 Å². The second kappa shape index (κ2) is 7.39. The third kappa shape index (κ3) is 3.41. The smallest absolute Gasteiger partial charge is 0.235 e. The fraction of sp³-hybridized carbons (Fsp3) is 0.200. The summed E-state index contributed by atoms with van der Waals surface area (Å²) in [7, 11) is 0. The molecule has 1 aliphatic carbocycles. The van der Waals surface area contributed by atoms with Crippen molar-refractivity contribution in [3.63, 3.8) is 0 Å². The van der Waals surface area contributed by atoms with Crippen molar-refractivity contribution in [3.8, 4) is 17.5 Å². The van der Waals surface area contributed by atoms with E-state index in [0.717, 1.165) is 40.3 Å². The van der Waals surface area contributed by atoms with Gasteiger partial charge in [-0.2, -0.15) is 5.26 Å². The maximum atomic E-state index is 12.4. The molecule has 2 N–H and O–H groups in total. The lowest BCUT2D eigenvalue weighted by atomic mass is 10.1. The van der Waals surface area contributed by atoms with E-state index in [4.69, 9.17) is 5.26 Å². The molecule has 29 heavy (non-hydrogen) atoms. The standard InChI is InChI=1S/C20H16N6OS2/c21-9-12-7-8-28-19(12)23-17(27)11-29-20-25-24-18(26(20)13-5-6-13)15-10-22-16-4-2-1-3-14(15)16/h1-4,7-8,10,13,22H,5-6,11H2,(H,23,27). The van der Waals surface area contributed by atoms with E-state index in [2.05, 4.69) is 37.2 Å². The quantitative estimate of drug-likeness (QED) is 0.450. The maximum Gasteiger partial charge on any atom is 0.235 e. The second-order valence-electron chi connectivity index (χ2n) is 6.77. The number of amides is 1. The van der Waals surface area contributed by atoms with Gasteiger partial charge < -0.3 is 10.3 Å². The minimum absolute atomic E-state index is 0.159. The largest absolute Gasteiger partial charge is 0.360 e. The van der Waals surface area contributed by atoms with Gasteiger partial charge in [0.05, 0.1) is 11.3 Å². The van der Waals surface area contributed by atoms with Crippen LogP contribution in [0.3, 0.4) is 0 Å². The van der Waals surface area contributed by atoms with Gasteiger partial charge in [0.2, 0.25) is 5.91 Å². The van der Waals surface area contributed by atoms with Gasteiger partial charge in [-0.3, -0.25) is 9.36 Å². The van der Waals surface area contributed by atoms with Crippen LogP contribution in [-0.4, -0.2) is 31.4 Å². The van der Waals surface area contributed by atoms with Crippen LogP contribution in [0.5, 0.6) is 0 Å². The molecule has 7 nitrogen and oxygen atoms in total. The third-order valence-corrected chi connectivity index (χ3v) is 6.55. The first-order chi connectivity index (χ1) is 14.2. The fourth-order valence-corrected chi connectivity index (χ4v) is 4.82. The summed E-state index contributed by atoms with van der Waals surface area (Å²) in [5.41, 5.74) is 2.57. The summed E-state index contributed by atoms with van der Waals surface area (Å²) in [6.45, 7) is 0. The lowest BCUT2D eigenvalue weighted by Gasteiger charge is -2.08. The van der Waals surface area contributed by atoms with E-state index in [0.29, 0.717) is 16.6 Å². The summed E-state index contributed by atoms with van der Waals surface area (Å²) in [6.07, 6.45) is 4.15. The number of hydrogen-bond acceptors (Lipinski definition) is 6. The summed E-state index contributed by atoms with van der Waals surface area (Å²) < 4.78 is 2.15. The highest BCUT2D eigenvalue weighted by Gasteiger charge is 2.31. The molecule has 144 valence electrons. The van der Waals surface area contributed by atoms with Gasteiger partial charge in [-0.05, 0) is 30.4 Å². The van der Waals surface area contributed by atoms with E-state index in [1.165, 1.54) is 23.1 Å². The van der Waals surface area contributed by atoms with Crippen molar-refractivity contribution in [2.24, 2.45) is 0 Å². The molecule has 3 heterocycles. The molecule has 5 rings (SSSR count). The molecule has 9 heteroatoms. The lowest BCUT2D eigenvalue weighted by Crippen LogP contribution is -2.14. The third-order valence-electron chi connectivity index (χ3n) is 4.78. The number of aromatic amines is 1. The average Bonchev–Trinajstić information content (AvgIpc) is 3.15. The van der Waals surface area contributed by atoms with Crippen LogP contribution in [0, 0.1) is 11.3 Å². The molecular formula is C20H16N6OS2. The molecule has 1 amide bonds. The first-order valence-corrected chi connectivity index (χ1v) is 11.0. The average molecular weight is 421 g/mol. The van der Waals surface area contributed by atoms with E-state index in [-0.39, 0.29) is 11.7 Å². The number of hydrogen-bond donors (Lipinski definition) is 2. The summed E-state index contributed by atoms with van der Waals surface area (Å²) in [4.78, 5) is 15.7. The summed E-state index contributed by atoms with van der Waals surface area (Å²) in [5.74, 6) is 0.882. The zero-order chi connectivity index (χ0) is 19.8. The van der Waals surface area contributed by atoms with Crippen LogP contribution >= 0.6 is 23.1 Å². The van der Waals surface area contributed by atoms with Gasteiger partial charge in [-0.1, -0.05) is 30.0 Å². The predicted molar refractivity (Wildman–Crippen MR) is 114 cm³/mol. The first-order valence-electron chi connectivity index (χ1n) is 9.16. The van der Waals surface area contributed by atoms with Crippen molar-refractivity contribution in [1.82, 2.24) is 19.7 Å². The minimum atomic E-state index is -0.159. The molecule has 0 unspecified atom stereocenters. The number of carbonyl (C=O) groups excluding carboxylic acids is 1. The number of thiophene rings is 1. The number of fused-ring (bicyclic) bond motifs is 1. The second-order valence-corrected chi connectivity index (χ2v) is 8.63. The fourth-order valence-electron chi connectivity index (χ4n) is 3.26. The molecule has 4 aromatic rings. The van der Waals surface area contributed by atoms with E-state index >= 15 is 0 Å². The Balaban J connectivity index is 1.38. The van der Waals surface area contributed by atoms with Crippen LogP contribution < -0.4 is 5.32 Å². The number of nitriles is 1. The molecule has 0 aliphatic heterocycles. The molecule has 1 saturated carbocycles. The van der Waals surface area contributed by atoms with Crippen LogP contribution in [0.2, 0.25) is 0 Å². The molecule has 0 saturated heterocycles. The van der Waals surface area contributed by atoms with Crippen LogP contribution in [-0.2, 0) is 4.79 Å². The maximum absolute atomic E-state index is 12.4. The Labute approximate surface area is 174 Å². The van der Waals surface area contributed by atoms with Crippen molar-refractivity contribution in [1.29, 1.82) is 5.26 Å². The van der Waals surface area contributed by atoms with Crippen LogP contribution in [0.4, 0.5) is 5.00 Å². The van der Waals surface area contributed by atoms with Crippen LogP contribution in [0.1, 0.15) is 24.4 Å². The topological polar surface area (TPSA) is 99.4 Å². The molecule has 1 fully saturated rings. The van der Waals surface area contributed by atoms with Crippen molar-refractivity contribution in [2.75, 3.05) is 11.1 Å². The van der Waals surface area contributed by atoms with Crippen molar-refractivity contribution in [3.05, 3.63) is 47.5 Å². The number of aromatic nitrogens is 4. The summed E-state index contributed by atoms with van der Waals surface area (Å²) >= 11 is 2.72. The Hall–Kier alpha value is -3.09. The molecule has 3 aromatic heterocycles.